The molecule has 1 rings (SSSR count). The molecule has 10 heavy (non-hydrogen) atoms. The highest BCUT2D eigenvalue weighted by Gasteiger charge is 1.98. The summed E-state index contributed by atoms with van der Waals surface area (Å²) >= 11 is 1.30. The second-order valence-corrected chi connectivity index (χ2v) is 2.64. The first-order chi connectivity index (χ1) is 4.68. The van der Waals surface area contributed by atoms with Crippen LogP contribution in [0.5, 0.6) is 0 Å². The van der Waals surface area contributed by atoms with Crippen molar-refractivity contribution in [1.29, 1.82) is 0 Å². The summed E-state index contributed by atoms with van der Waals surface area (Å²) in [4.78, 5) is 14.3. The van der Waals surface area contributed by atoms with Gasteiger partial charge in [0.05, 0.1) is 0 Å². The van der Waals surface area contributed by atoms with Crippen molar-refractivity contribution in [2.45, 2.75) is 6.92 Å². The van der Waals surface area contributed by atoms with Crippen molar-refractivity contribution in [2.24, 2.45) is 0 Å². The number of carbonyl (C=O) groups is 1. The molecule has 0 atom stereocenters. The maximum atomic E-state index is 10.4. The largest absolute Gasteiger partial charge is 0.375 e. The fraction of sp³-hybridized carbons (Fsp3) is 0.200. The van der Waals surface area contributed by atoms with Crippen LogP contribution in [0, 0.1) is 0 Å². The van der Waals surface area contributed by atoms with Crippen LogP contribution in [-0.4, -0.2) is 10.9 Å². The molecule has 1 heterocycles. The molecule has 1 aromatic rings. The monoisotopic (exact) mass is 157 g/mol. The predicted molar refractivity (Wildman–Crippen MR) is 40.8 cm³/mol. The average molecular weight is 157 g/mol. The summed E-state index contributed by atoms with van der Waals surface area (Å²) in [7, 11) is 0. The van der Waals surface area contributed by atoms with Crippen LogP contribution < -0.4 is 11.1 Å². The van der Waals surface area contributed by atoms with Crippen molar-refractivity contribution in [2.75, 3.05) is 11.1 Å². The van der Waals surface area contributed by atoms with Crippen molar-refractivity contribution < 1.29 is 4.79 Å². The van der Waals surface area contributed by atoms with Gasteiger partial charge < -0.3 is 11.1 Å². The highest BCUT2D eigenvalue weighted by atomic mass is 32.1. The molecule has 0 bridgehead atoms. The van der Waals surface area contributed by atoms with Gasteiger partial charge in [-0.25, -0.2) is 4.98 Å². The lowest BCUT2D eigenvalue weighted by atomic mass is 10.6. The van der Waals surface area contributed by atoms with Gasteiger partial charge in [-0.05, 0) is 0 Å². The molecular formula is C5H7N3OS. The highest BCUT2D eigenvalue weighted by molar-refractivity contribution is 7.13. The minimum atomic E-state index is -0.134. The third-order valence-corrected chi connectivity index (χ3v) is 1.50. The van der Waals surface area contributed by atoms with Gasteiger partial charge in [0, 0.05) is 12.3 Å². The summed E-state index contributed by atoms with van der Waals surface area (Å²) in [5.41, 5.74) is 5.31. The van der Waals surface area contributed by atoms with E-state index in [1.807, 2.05) is 0 Å². The Hall–Kier alpha value is -1.10. The number of hydrogen-bond donors (Lipinski definition) is 2. The molecule has 0 radical (unpaired) electrons. The second-order valence-electron chi connectivity index (χ2n) is 1.75. The van der Waals surface area contributed by atoms with Crippen LogP contribution in [0.4, 0.5) is 10.9 Å². The number of nitrogens with one attached hydrogen (secondary N) is 1. The van der Waals surface area contributed by atoms with Gasteiger partial charge in [-0.2, -0.15) is 0 Å². The summed E-state index contributed by atoms with van der Waals surface area (Å²) < 4.78 is 0. The van der Waals surface area contributed by atoms with Gasteiger partial charge in [0.1, 0.15) is 5.82 Å². The summed E-state index contributed by atoms with van der Waals surface area (Å²) in [6.45, 7) is 1.43. The Morgan fingerprint density at radius 3 is 3.00 bits per heavy atom. The van der Waals surface area contributed by atoms with Crippen molar-refractivity contribution in [3.63, 3.8) is 0 Å². The Labute approximate surface area is 62.1 Å². The molecular weight excluding hydrogens is 150 g/mol. The molecule has 0 fully saturated rings. The second kappa shape index (κ2) is 2.66. The SMILES string of the molecule is CC(=O)Nc1csc(N)n1. The Morgan fingerprint density at radius 2 is 2.60 bits per heavy atom. The van der Waals surface area contributed by atoms with E-state index >= 15 is 0 Å². The third kappa shape index (κ3) is 1.70. The molecule has 4 nitrogen and oxygen atoms in total. The fourth-order valence-corrected chi connectivity index (χ4v) is 1.02. The van der Waals surface area contributed by atoms with Crippen LogP contribution in [0.1, 0.15) is 6.92 Å². The molecule has 0 saturated carbocycles. The summed E-state index contributed by atoms with van der Waals surface area (Å²) in [5.74, 6) is 0.389. The first-order valence-electron chi connectivity index (χ1n) is 2.67. The fourth-order valence-electron chi connectivity index (χ4n) is 0.525. The lowest BCUT2D eigenvalue weighted by molar-refractivity contribution is -0.114. The minimum absolute atomic E-state index is 0.134. The number of rotatable bonds is 1. The topological polar surface area (TPSA) is 68.0 Å². The van der Waals surface area contributed by atoms with Gasteiger partial charge >= 0.3 is 0 Å². The molecule has 1 aromatic heterocycles. The Kier molecular flexibility index (Phi) is 1.86. The Bertz CT molecular complexity index is 245. The van der Waals surface area contributed by atoms with Crippen LogP contribution in [-0.2, 0) is 4.79 Å². The summed E-state index contributed by atoms with van der Waals surface area (Å²) in [6, 6.07) is 0. The molecule has 0 aliphatic carbocycles. The van der Waals surface area contributed by atoms with E-state index < -0.39 is 0 Å². The molecule has 1 amide bonds. The van der Waals surface area contributed by atoms with Crippen LogP contribution in [0.2, 0.25) is 0 Å². The van der Waals surface area contributed by atoms with E-state index in [0.717, 1.165) is 0 Å². The lowest BCUT2D eigenvalue weighted by Gasteiger charge is -1.91. The number of aromatic nitrogens is 1. The standard InChI is InChI=1S/C5H7N3OS/c1-3(9)7-4-2-10-5(6)8-4/h2H,1H3,(H2,6,8)(H,7,9). The number of nitrogens with two attached hydrogens (primary N) is 1. The van der Waals surface area contributed by atoms with E-state index in [9.17, 15) is 4.79 Å². The molecule has 5 heteroatoms. The molecule has 3 N–H and O–H groups in total. The normalized spacial score (nSPS) is 9.30. The Balaban J connectivity index is 2.67. The van der Waals surface area contributed by atoms with Crippen LogP contribution in [0.15, 0.2) is 5.38 Å². The molecule has 0 unspecified atom stereocenters. The van der Waals surface area contributed by atoms with Gasteiger partial charge in [0.2, 0.25) is 5.91 Å². The number of amides is 1. The van der Waals surface area contributed by atoms with Crippen LogP contribution in [0.25, 0.3) is 0 Å². The predicted octanol–water partition coefficient (Wildman–Crippen LogP) is 0.684. The van der Waals surface area contributed by atoms with Crippen molar-refractivity contribution in [1.82, 2.24) is 4.98 Å². The van der Waals surface area contributed by atoms with E-state index in [-0.39, 0.29) is 5.91 Å². The number of thiazole rings is 1. The summed E-state index contributed by atoms with van der Waals surface area (Å²) in [5, 5.41) is 4.66. The zero-order valence-corrected chi connectivity index (χ0v) is 6.23. The van der Waals surface area contributed by atoms with Gasteiger partial charge in [-0.15, -0.1) is 11.3 Å². The van der Waals surface area contributed by atoms with Crippen molar-refractivity contribution in [3.8, 4) is 0 Å². The first kappa shape index (κ1) is 7.01. The minimum Gasteiger partial charge on any atom is -0.375 e. The molecule has 0 aliphatic heterocycles. The molecule has 0 saturated heterocycles. The maximum Gasteiger partial charge on any atom is 0.222 e. The average Bonchev–Trinajstić information content (AvgIpc) is 2.13. The smallest absolute Gasteiger partial charge is 0.222 e. The quantitative estimate of drug-likeness (QED) is 0.630. The highest BCUT2D eigenvalue weighted by Crippen LogP contribution is 2.14. The maximum absolute atomic E-state index is 10.4. The first-order valence-corrected chi connectivity index (χ1v) is 3.55. The van der Waals surface area contributed by atoms with Gasteiger partial charge in [-0.1, -0.05) is 0 Å². The zero-order chi connectivity index (χ0) is 7.56. The van der Waals surface area contributed by atoms with Gasteiger partial charge in [0.25, 0.3) is 0 Å². The zero-order valence-electron chi connectivity index (χ0n) is 5.42. The van der Waals surface area contributed by atoms with Gasteiger partial charge in [-0.3, -0.25) is 4.79 Å². The molecule has 0 aromatic carbocycles. The number of nitrogens with zero attached hydrogens (tertiary/aromatic N) is 1. The van der Waals surface area contributed by atoms with Crippen LogP contribution in [0.3, 0.4) is 0 Å². The van der Waals surface area contributed by atoms with Crippen molar-refractivity contribution in [3.05, 3.63) is 5.38 Å². The molecule has 54 valence electrons. The van der Waals surface area contributed by atoms with Crippen LogP contribution >= 0.6 is 11.3 Å². The van der Waals surface area contributed by atoms with E-state index in [1.165, 1.54) is 18.3 Å². The summed E-state index contributed by atoms with van der Waals surface area (Å²) in [6.07, 6.45) is 0. The molecule has 0 spiro atoms. The Morgan fingerprint density at radius 1 is 1.90 bits per heavy atom. The number of anilines is 2. The molecule has 0 aliphatic rings. The van der Waals surface area contributed by atoms with Gasteiger partial charge in [0.15, 0.2) is 5.13 Å². The number of nitrogen functional groups attached to an aromatic ring is 1. The number of hydrogen-bond acceptors (Lipinski definition) is 4. The van der Waals surface area contributed by atoms with E-state index in [0.29, 0.717) is 10.9 Å². The van der Waals surface area contributed by atoms with E-state index in [1.54, 1.807) is 5.38 Å². The van der Waals surface area contributed by atoms with E-state index in [4.69, 9.17) is 5.73 Å². The van der Waals surface area contributed by atoms with Crippen molar-refractivity contribution >= 4 is 28.2 Å². The lowest BCUT2D eigenvalue weighted by Crippen LogP contribution is -2.05. The van der Waals surface area contributed by atoms with E-state index in [2.05, 4.69) is 10.3 Å². The number of carbonyl (C=O) groups excluding carboxylic acids is 1. The third-order valence-electron chi connectivity index (χ3n) is 0.826.